The summed E-state index contributed by atoms with van der Waals surface area (Å²) in [5.74, 6) is 1.52. The minimum atomic E-state index is 0.312. The van der Waals surface area contributed by atoms with E-state index in [1.54, 1.807) is 17.7 Å². The number of aliphatic hydroxyl groups excluding tert-OH is 1. The molecular weight excluding hydrogens is 234 g/mol. The van der Waals surface area contributed by atoms with Crippen LogP contribution in [0.4, 0.5) is 5.82 Å². The molecule has 0 bridgehead atoms. The van der Waals surface area contributed by atoms with Crippen LogP contribution in [0.5, 0.6) is 0 Å². The molecule has 4 nitrogen and oxygen atoms in total. The predicted octanol–water partition coefficient (Wildman–Crippen LogP) is 1.90. The Kier molecular flexibility index (Phi) is 2.94. The van der Waals surface area contributed by atoms with Crippen LogP contribution in [0.3, 0.4) is 0 Å². The van der Waals surface area contributed by atoms with Crippen LogP contribution < -0.4 is 4.90 Å². The normalized spacial score (nSPS) is 17.8. The number of thiophene rings is 1. The van der Waals surface area contributed by atoms with Crippen LogP contribution in [0, 0.1) is 5.92 Å². The van der Waals surface area contributed by atoms with Crippen molar-refractivity contribution in [2.45, 2.75) is 12.8 Å². The number of aromatic nitrogens is 2. The molecule has 1 saturated heterocycles. The van der Waals surface area contributed by atoms with Gasteiger partial charge in [-0.25, -0.2) is 9.97 Å². The van der Waals surface area contributed by atoms with Gasteiger partial charge in [-0.3, -0.25) is 0 Å². The fourth-order valence-electron chi connectivity index (χ4n) is 2.33. The van der Waals surface area contributed by atoms with Crippen LogP contribution in [-0.4, -0.2) is 34.8 Å². The number of rotatable bonds is 2. The van der Waals surface area contributed by atoms with Crippen LogP contribution in [0.2, 0.25) is 0 Å². The van der Waals surface area contributed by atoms with Crippen molar-refractivity contribution in [2.75, 3.05) is 24.6 Å². The van der Waals surface area contributed by atoms with Gasteiger partial charge in [0.25, 0.3) is 0 Å². The SMILES string of the molecule is OCC1CCN(c2ncnc3ccsc23)CC1. The maximum absolute atomic E-state index is 9.14. The molecule has 0 aromatic carbocycles. The Labute approximate surface area is 104 Å². The zero-order valence-electron chi connectivity index (χ0n) is 9.54. The molecular formula is C12H15N3OS. The molecule has 5 heteroatoms. The van der Waals surface area contributed by atoms with Gasteiger partial charge in [-0.1, -0.05) is 0 Å². The molecule has 0 spiro atoms. The number of hydrogen-bond acceptors (Lipinski definition) is 5. The van der Waals surface area contributed by atoms with Crippen molar-refractivity contribution in [1.82, 2.24) is 9.97 Å². The Bertz CT molecular complexity index is 505. The molecule has 2 aromatic heterocycles. The lowest BCUT2D eigenvalue weighted by Gasteiger charge is -2.32. The predicted molar refractivity (Wildman–Crippen MR) is 69.4 cm³/mol. The molecule has 1 N–H and O–H groups in total. The molecule has 0 saturated carbocycles. The van der Waals surface area contributed by atoms with E-state index in [4.69, 9.17) is 5.11 Å². The summed E-state index contributed by atoms with van der Waals surface area (Å²) in [4.78, 5) is 11.0. The summed E-state index contributed by atoms with van der Waals surface area (Å²) in [5, 5.41) is 11.2. The summed E-state index contributed by atoms with van der Waals surface area (Å²) < 4.78 is 1.18. The lowest BCUT2D eigenvalue weighted by atomic mass is 9.98. The second-order valence-corrected chi connectivity index (χ2v) is 5.36. The van der Waals surface area contributed by atoms with Gasteiger partial charge in [-0.05, 0) is 30.2 Å². The monoisotopic (exact) mass is 249 g/mol. The number of nitrogens with zero attached hydrogens (tertiary/aromatic N) is 3. The molecule has 1 fully saturated rings. The average Bonchev–Trinajstić information content (AvgIpc) is 2.87. The van der Waals surface area contributed by atoms with Crippen LogP contribution in [0.15, 0.2) is 17.8 Å². The smallest absolute Gasteiger partial charge is 0.150 e. The Morgan fingerprint density at radius 2 is 2.18 bits per heavy atom. The molecule has 0 atom stereocenters. The Morgan fingerprint density at radius 1 is 1.35 bits per heavy atom. The lowest BCUT2D eigenvalue weighted by Crippen LogP contribution is -2.35. The van der Waals surface area contributed by atoms with Crippen molar-refractivity contribution in [3.05, 3.63) is 17.8 Å². The molecule has 1 aliphatic rings. The summed E-state index contributed by atoms with van der Waals surface area (Å²) in [6, 6.07) is 2.03. The molecule has 3 rings (SSSR count). The van der Waals surface area contributed by atoms with Gasteiger partial charge in [-0.2, -0.15) is 0 Å². The highest BCUT2D eigenvalue weighted by atomic mass is 32.1. The fourth-order valence-corrected chi connectivity index (χ4v) is 3.19. The maximum atomic E-state index is 9.14. The van der Waals surface area contributed by atoms with Crippen LogP contribution in [0.1, 0.15) is 12.8 Å². The first-order chi connectivity index (χ1) is 8.38. The maximum Gasteiger partial charge on any atom is 0.150 e. The second-order valence-electron chi connectivity index (χ2n) is 4.45. The van der Waals surface area contributed by atoms with Gasteiger partial charge in [-0.15, -0.1) is 11.3 Å². The third-order valence-corrected chi connectivity index (χ3v) is 4.30. The lowest BCUT2D eigenvalue weighted by molar-refractivity contribution is 0.203. The molecule has 0 unspecified atom stereocenters. The standard InChI is InChI=1S/C12H15N3OS/c16-7-9-1-4-15(5-2-9)12-11-10(3-6-17-11)13-8-14-12/h3,6,8-9,16H,1-2,4-5,7H2. The molecule has 1 aliphatic heterocycles. The van der Waals surface area contributed by atoms with E-state index in [1.165, 1.54) is 4.70 Å². The van der Waals surface area contributed by atoms with E-state index in [0.29, 0.717) is 12.5 Å². The third kappa shape index (κ3) is 2.00. The Hall–Kier alpha value is -1.20. The van der Waals surface area contributed by atoms with E-state index in [2.05, 4.69) is 20.2 Å². The zero-order valence-corrected chi connectivity index (χ0v) is 10.4. The minimum absolute atomic E-state index is 0.312. The van der Waals surface area contributed by atoms with E-state index >= 15 is 0 Å². The number of fused-ring (bicyclic) bond motifs is 1. The van der Waals surface area contributed by atoms with Crippen LogP contribution in [0.25, 0.3) is 10.2 Å². The molecule has 17 heavy (non-hydrogen) atoms. The molecule has 3 heterocycles. The molecule has 2 aromatic rings. The van der Waals surface area contributed by atoms with Gasteiger partial charge in [0.15, 0.2) is 0 Å². The Morgan fingerprint density at radius 3 is 2.94 bits per heavy atom. The van der Waals surface area contributed by atoms with Gasteiger partial charge in [0, 0.05) is 19.7 Å². The summed E-state index contributed by atoms with van der Waals surface area (Å²) in [6.45, 7) is 2.27. The van der Waals surface area contributed by atoms with Gasteiger partial charge in [0.05, 0.1) is 10.2 Å². The van der Waals surface area contributed by atoms with E-state index in [0.717, 1.165) is 37.3 Å². The fraction of sp³-hybridized carbons (Fsp3) is 0.500. The van der Waals surface area contributed by atoms with Crippen molar-refractivity contribution in [1.29, 1.82) is 0 Å². The largest absolute Gasteiger partial charge is 0.396 e. The number of hydrogen-bond donors (Lipinski definition) is 1. The minimum Gasteiger partial charge on any atom is -0.396 e. The first kappa shape index (κ1) is 10.9. The average molecular weight is 249 g/mol. The van der Waals surface area contributed by atoms with E-state index in [-0.39, 0.29) is 0 Å². The molecule has 90 valence electrons. The summed E-state index contributed by atoms with van der Waals surface area (Å²) in [7, 11) is 0. The van der Waals surface area contributed by atoms with Crippen molar-refractivity contribution in [3.8, 4) is 0 Å². The highest BCUT2D eigenvalue weighted by Gasteiger charge is 2.21. The zero-order chi connectivity index (χ0) is 11.7. The second kappa shape index (κ2) is 4.58. The molecule has 0 aliphatic carbocycles. The van der Waals surface area contributed by atoms with E-state index in [1.807, 2.05) is 6.07 Å². The first-order valence-electron chi connectivity index (χ1n) is 5.92. The van der Waals surface area contributed by atoms with Gasteiger partial charge in [0.1, 0.15) is 12.1 Å². The van der Waals surface area contributed by atoms with Crippen molar-refractivity contribution in [3.63, 3.8) is 0 Å². The number of aliphatic hydroxyl groups is 1. The topological polar surface area (TPSA) is 49.2 Å². The molecule has 0 radical (unpaired) electrons. The van der Waals surface area contributed by atoms with Gasteiger partial charge in [0.2, 0.25) is 0 Å². The van der Waals surface area contributed by atoms with Gasteiger partial charge >= 0.3 is 0 Å². The van der Waals surface area contributed by atoms with Crippen molar-refractivity contribution in [2.24, 2.45) is 5.92 Å². The Balaban J connectivity index is 1.87. The van der Waals surface area contributed by atoms with Crippen LogP contribution in [-0.2, 0) is 0 Å². The quantitative estimate of drug-likeness (QED) is 0.883. The highest BCUT2D eigenvalue weighted by Crippen LogP contribution is 2.30. The third-order valence-electron chi connectivity index (χ3n) is 3.40. The highest BCUT2D eigenvalue weighted by molar-refractivity contribution is 7.17. The number of piperidine rings is 1. The first-order valence-corrected chi connectivity index (χ1v) is 6.80. The van der Waals surface area contributed by atoms with Crippen molar-refractivity contribution >= 4 is 27.4 Å². The van der Waals surface area contributed by atoms with Crippen molar-refractivity contribution < 1.29 is 5.11 Å². The summed E-state index contributed by atoms with van der Waals surface area (Å²) >= 11 is 1.70. The van der Waals surface area contributed by atoms with E-state index in [9.17, 15) is 0 Å². The summed E-state index contributed by atoms with van der Waals surface area (Å²) in [6.07, 6.45) is 3.74. The number of anilines is 1. The van der Waals surface area contributed by atoms with E-state index < -0.39 is 0 Å². The van der Waals surface area contributed by atoms with Crippen LogP contribution >= 0.6 is 11.3 Å². The molecule has 0 amide bonds. The van der Waals surface area contributed by atoms with Gasteiger partial charge < -0.3 is 10.0 Å². The summed E-state index contributed by atoms with van der Waals surface area (Å²) in [5.41, 5.74) is 1.03.